The average Bonchev–Trinajstić information content (AvgIpc) is 2.71. The molecular formula is C13H20N4O. The van der Waals surface area contributed by atoms with Crippen molar-refractivity contribution in [1.29, 1.82) is 0 Å². The van der Waals surface area contributed by atoms with Gasteiger partial charge >= 0.3 is 0 Å². The van der Waals surface area contributed by atoms with Crippen LogP contribution in [0, 0.1) is 10.8 Å². The van der Waals surface area contributed by atoms with E-state index in [0.717, 1.165) is 0 Å². The van der Waals surface area contributed by atoms with Crippen LogP contribution in [0.2, 0.25) is 0 Å². The summed E-state index contributed by atoms with van der Waals surface area (Å²) in [7, 11) is 0. The summed E-state index contributed by atoms with van der Waals surface area (Å²) in [6.07, 6.45) is 1.56. The van der Waals surface area contributed by atoms with Gasteiger partial charge in [-0.1, -0.05) is 27.7 Å². The standard InChI is InChI=1S/C13H20N4O/c1-12(2)11(13(12,3)4)16-10(18)9-7-8(17-14)5-6-15-9/h5-7,11H,14H2,1-4H3,(H,15,17)(H,16,18). The molecule has 0 aromatic carbocycles. The van der Waals surface area contributed by atoms with Crippen molar-refractivity contribution in [3.8, 4) is 0 Å². The number of hydrazine groups is 1. The van der Waals surface area contributed by atoms with Gasteiger partial charge in [0.1, 0.15) is 5.69 Å². The molecule has 0 radical (unpaired) electrons. The van der Waals surface area contributed by atoms with Gasteiger partial charge in [0.15, 0.2) is 0 Å². The number of amides is 1. The van der Waals surface area contributed by atoms with Crippen molar-refractivity contribution in [3.05, 3.63) is 24.0 Å². The van der Waals surface area contributed by atoms with Crippen LogP contribution in [0.5, 0.6) is 0 Å². The van der Waals surface area contributed by atoms with Crippen LogP contribution in [0.3, 0.4) is 0 Å². The van der Waals surface area contributed by atoms with Gasteiger partial charge in [-0.3, -0.25) is 15.6 Å². The zero-order valence-electron chi connectivity index (χ0n) is 11.2. The van der Waals surface area contributed by atoms with Crippen molar-refractivity contribution >= 4 is 11.6 Å². The Hall–Kier alpha value is -1.62. The fraction of sp³-hybridized carbons (Fsp3) is 0.538. The number of anilines is 1. The third-order valence-electron chi connectivity index (χ3n) is 4.46. The maximum absolute atomic E-state index is 12.1. The van der Waals surface area contributed by atoms with Crippen molar-refractivity contribution < 1.29 is 4.79 Å². The molecule has 1 aromatic rings. The number of hydrogen-bond donors (Lipinski definition) is 3. The first-order valence-electron chi connectivity index (χ1n) is 6.04. The summed E-state index contributed by atoms with van der Waals surface area (Å²) < 4.78 is 0. The number of hydrogen-bond acceptors (Lipinski definition) is 4. The summed E-state index contributed by atoms with van der Waals surface area (Å²) in [4.78, 5) is 16.2. The van der Waals surface area contributed by atoms with Crippen molar-refractivity contribution in [3.63, 3.8) is 0 Å². The SMILES string of the molecule is CC1(C)C(NC(=O)c2cc(NN)ccn2)C1(C)C. The van der Waals surface area contributed by atoms with E-state index >= 15 is 0 Å². The summed E-state index contributed by atoms with van der Waals surface area (Å²) >= 11 is 0. The molecule has 0 atom stereocenters. The molecule has 1 heterocycles. The highest BCUT2D eigenvalue weighted by Gasteiger charge is 2.65. The summed E-state index contributed by atoms with van der Waals surface area (Å²) in [5.74, 6) is 5.15. The van der Waals surface area contributed by atoms with E-state index in [1.165, 1.54) is 0 Å². The summed E-state index contributed by atoms with van der Waals surface area (Å²) in [5, 5.41) is 3.03. The molecular weight excluding hydrogens is 228 g/mol. The van der Waals surface area contributed by atoms with Crippen LogP contribution in [0.15, 0.2) is 18.3 Å². The van der Waals surface area contributed by atoms with Crippen molar-refractivity contribution in [2.75, 3.05) is 5.43 Å². The van der Waals surface area contributed by atoms with E-state index in [1.807, 2.05) is 0 Å². The number of pyridine rings is 1. The second-order valence-electron chi connectivity index (χ2n) is 5.92. The van der Waals surface area contributed by atoms with Crippen LogP contribution >= 0.6 is 0 Å². The van der Waals surface area contributed by atoms with Gasteiger partial charge in [-0.15, -0.1) is 0 Å². The fourth-order valence-corrected chi connectivity index (χ4v) is 2.41. The third-order valence-corrected chi connectivity index (χ3v) is 4.46. The minimum absolute atomic E-state index is 0.117. The molecule has 2 rings (SSSR count). The van der Waals surface area contributed by atoms with Crippen LogP contribution in [0.25, 0.3) is 0 Å². The highest BCUT2D eigenvalue weighted by atomic mass is 16.2. The molecule has 18 heavy (non-hydrogen) atoms. The van der Waals surface area contributed by atoms with E-state index in [4.69, 9.17) is 5.84 Å². The Morgan fingerprint density at radius 1 is 1.33 bits per heavy atom. The second-order valence-corrected chi connectivity index (χ2v) is 5.92. The highest BCUT2D eigenvalue weighted by Crippen LogP contribution is 2.62. The molecule has 1 saturated carbocycles. The lowest BCUT2D eigenvalue weighted by molar-refractivity contribution is 0.0938. The van der Waals surface area contributed by atoms with Gasteiger partial charge in [-0.25, -0.2) is 0 Å². The lowest BCUT2D eigenvalue weighted by Crippen LogP contribution is -2.30. The van der Waals surface area contributed by atoms with E-state index in [-0.39, 0.29) is 22.8 Å². The van der Waals surface area contributed by atoms with E-state index in [0.29, 0.717) is 11.4 Å². The number of rotatable bonds is 3. The quantitative estimate of drug-likeness (QED) is 0.560. The van der Waals surface area contributed by atoms with E-state index < -0.39 is 0 Å². The fourth-order valence-electron chi connectivity index (χ4n) is 2.41. The van der Waals surface area contributed by atoms with Gasteiger partial charge in [0.05, 0.1) is 5.69 Å². The molecule has 0 bridgehead atoms. The Bertz CT molecular complexity index is 468. The lowest BCUT2D eigenvalue weighted by Gasteiger charge is -2.07. The number of nitrogens with one attached hydrogen (secondary N) is 2. The van der Waals surface area contributed by atoms with E-state index in [2.05, 4.69) is 43.4 Å². The number of nitrogen functional groups attached to an aromatic ring is 1. The molecule has 4 N–H and O–H groups in total. The summed E-state index contributed by atoms with van der Waals surface area (Å²) in [6.45, 7) is 8.62. The van der Waals surface area contributed by atoms with Crippen LogP contribution in [-0.2, 0) is 0 Å². The molecule has 0 saturated heterocycles. The minimum atomic E-state index is -0.157. The topological polar surface area (TPSA) is 80.0 Å². The molecule has 0 unspecified atom stereocenters. The maximum atomic E-state index is 12.1. The first-order chi connectivity index (χ1) is 8.30. The van der Waals surface area contributed by atoms with Crippen LogP contribution in [0.1, 0.15) is 38.2 Å². The average molecular weight is 248 g/mol. The Morgan fingerprint density at radius 2 is 1.94 bits per heavy atom. The summed E-state index contributed by atoms with van der Waals surface area (Å²) in [5.41, 5.74) is 3.79. The molecule has 1 aromatic heterocycles. The van der Waals surface area contributed by atoms with Gasteiger partial charge in [0.2, 0.25) is 0 Å². The van der Waals surface area contributed by atoms with E-state index in [1.54, 1.807) is 18.3 Å². The van der Waals surface area contributed by atoms with Crippen molar-refractivity contribution in [2.24, 2.45) is 16.7 Å². The molecule has 0 aliphatic heterocycles. The van der Waals surface area contributed by atoms with Gasteiger partial charge < -0.3 is 10.7 Å². The molecule has 1 aliphatic carbocycles. The predicted octanol–water partition coefficient (Wildman–Crippen LogP) is 1.53. The minimum Gasteiger partial charge on any atom is -0.347 e. The first kappa shape index (κ1) is 12.8. The molecule has 1 amide bonds. The van der Waals surface area contributed by atoms with Crippen LogP contribution in [0.4, 0.5) is 5.69 Å². The zero-order valence-corrected chi connectivity index (χ0v) is 11.2. The monoisotopic (exact) mass is 248 g/mol. The second kappa shape index (κ2) is 3.95. The number of carbonyl (C=O) groups excluding carboxylic acids is 1. The Labute approximate surface area is 107 Å². The number of nitrogens with two attached hydrogens (primary N) is 1. The summed E-state index contributed by atoms with van der Waals surface area (Å²) in [6, 6.07) is 3.52. The molecule has 1 fully saturated rings. The highest BCUT2D eigenvalue weighted by molar-refractivity contribution is 5.93. The van der Waals surface area contributed by atoms with Gasteiger partial charge in [0, 0.05) is 12.2 Å². The largest absolute Gasteiger partial charge is 0.347 e. The molecule has 0 spiro atoms. The normalized spacial score (nSPS) is 20.3. The smallest absolute Gasteiger partial charge is 0.270 e. The zero-order chi connectivity index (χ0) is 13.6. The lowest BCUT2D eigenvalue weighted by atomic mass is 10.0. The maximum Gasteiger partial charge on any atom is 0.270 e. The van der Waals surface area contributed by atoms with Gasteiger partial charge in [0.25, 0.3) is 5.91 Å². The third kappa shape index (κ3) is 1.84. The number of aromatic nitrogens is 1. The number of nitrogens with zero attached hydrogens (tertiary/aromatic N) is 1. The Kier molecular flexibility index (Phi) is 2.81. The van der Waals surface area contributed by atoms with Crippen LogP contribution < -0.4 is 16.6 Å². The molecule has 98 valence electrons. The van der Waals surface area contributed by atoms with Gasteiger partial charge in [-0.05, 0) is 23.0 Å². The van der Waals surface area contributed by atoms with Crippen molar-refractivity contribution in [2.45, 2.75) is 33.7 Å². The number of carbonyl (C=O) groups is 1. The van der Waals surface area contributed by atoms with E-state index in [9.17, 15) is 4.79 Å². The molecule has 5 nitrogen and oxygen atoms in total. The Balaban J connectivity index is 2.10. The first-order valence-corrected chi connectivity index (χ1v) is 6.04. The van der Waals surface area contributed by atoms with Crippen LogP contribution in [-0.4, -0.2) is 16.9 Å². The molecule has 1 aliphatic rings. The van der Waals surface area contributed by atoms with Gasteiger partial charge in [-0.2, -0.15) is 0 Å². The Morgan fingerprint density at radius 3 is 2.44 bits per heavy atom. The molecule has 5 heteroatoms. The predicted molar refractivity (Wildman–Crippen MR) is 70.9 cm³/mol. The van der Waals surface area contributed by atoms with Crippen molar-refractivity contribution in [1.82, 2.24) is 10.3 Å².